The van der Waals surface area contributed by atoms with Gasteiger partial charge in [0.05, 0.1) is 23.5 Å². The lowest BCUT2D eigenvalue weighted by Gasteiger charge is -2.17. The van der Waals surface area contributed by atoms with Crippen LogP contribution >= 0.6 is 11.6 Å². The van der Waals surface area contributed by atoms with Crippen molar-refractivity contribution < 1.29 is 9.53 Å². The molecule has 0 radical (unpaired) electrons. The van der Waals surface area contributed by atoms with Crippen molar-refractivity contribution in [2.75, 3.05) is 13.2 Å². The first-order valence-electron chi connectivity index (χ1n) is 6.68. The number of esters is 1. The van der Waals surface area contributed by atoms with Gasteiger partial charge in [0.15, 0.2) is 0 Å². The minimum absolute atomic E-state index is 0.202. The summed E-state index contributed by atoms with van der Waals surface area (Å²) in [6, 6.07) is -0.290. The van der Waals surface area contributed by atoms with E-state index in [1.807, 2.05) is 18.5 Å². The van der Waals surface area contributed by atoms with Crippen LogP contribution in [0.5, 0.6) is 0 Å². The number of hydrogen-bond donors (Lipinski definition) is 1. The maximum absolute atomic E-state index is 11.8. The van der Waals surface area contributed by atoms with Crippen LogP contribution in [0, 0.1) is 6.92 Å². The molecule has 1 aromatic heterocycles. The second-order valence-electron chi connectivity index (χ2n) is 4.35. The highest BCUT2D eigenvalue weighted by Crippen LogP contribution is 2.14. The molecule has 0 bridgehead atoms. The first-order chi connectivity index (χ1) is 9.10. The van der Waals surface area contributed by atoms with E-state index in [1.165, 1.54) is 0 Å². The molecule has 0 fully saturated rings. The number of rotatable bonds is 8. The molecule has 108 valence electrons. The highest BCUT2D eigenvalue weighted by Gasteiger charge is 2.19. The van der Waals surface area contributed by atoms with Crippen LogP contribution in [0.15, 0.2) is 6.20 Å². The summed E-state index contributed by atoms with van der Waals surface area (Å²) in [5.41, 5.74) is 0.916. The van der Waals surface area contributed by atoms with Crippen molar-refractivity contribution in [2.45, 2.75) is 46.2 Å². The van der Waals surface area contributed by atoms with E-state index in [2.05, 4.69) is 17.3 Å². The van der Waals surface area contributed by atoms with Crippen LogP contribution in [-0.4, -0.2) is 34.9 Å². The Morgan fingerprint density at radius 1 is 1.58 bits per heavy atom. The van der Waals surface area contributed by atoms with Crippen molar-refractivity contribution in [3.63, 3.8) is 0 Å². The molecule has 0 aliphatic heterocycles. The largest absolute Gasteiger partial charge is 0.465 e. The molecule has 0 saturated carbocycles. The third kappa shape index (κ3) is 4.84. The second-order valence-corrected chi connectivity index (χ2v) is 4.76. The predicted octanol–water partition coefficient (Wildman–Crippen LogP) is 2.17. The zero-order chi connectivity index (χ0) is 14.3. The number of halogens is 1. The first-order valence-corrected chi connectivity index (χ1v) is 7.05. The van der Waals surface area contributed by atoms with Crippen LogP contribution in [0.2, 0.25) is 5.02 Å². The SMILES string of the molecule is CCCNC(CCn1ncc(Cl)c1C)C(=O)OCC. The molecule has 5 nitrogen and oxygen atoms in total. The molecule has 1 unspecified atom stereocenters. The van der Waals surface area contributed by atoms with Crippen LogP contribution in [0.25, 0.3) is 0 Å². The van der Waals surface area contributed by atoms with Gasteiger partial charge < -0.3 is 10.1 Å². The maximum Gasteiger partial charge on any atom is 0.323 e. The Morgan fingerprint density at radius 3 is 2.84 bits per heavy atom. The predicted molar refractivity (Wildman–Crippen MR) is 75.3 cm³/mol. The summed E-state index contributed by atoms with van der Waals surface area (Å²) in [4.78, 5) is 11.8. The molecule has 1 rings (SSSR count). The van der Waals surface area contributed by atoms with Gasteiger partial charge in [0.1, 0.15) is 6.04 Å². The van der Waals surface area contributed by atoms with Gasteiger partial charge in [-0.05, 0) is 33.2 Å². The van der Waals surface area contributed by atoms with Crippen LogP contribution in [0.1, 0.15) is 32.4 Å². The van der Waals surface area contributed by atoms with E-state index < -0.39 is 0 Å². The number of carbonyl (C=O) groups is 1. The van der Waals surface area contributed by atoms with E-state index >= 15 is 0 Å². The van der Waals surface area contributed by atoms with Crippen molar-refractivity contribution in [3.05, 3.63) is 16.9 Å². The van der Waals surface area contributed by atoms with Crippen molar-refractivity contribution in [1.29, 1.82) is 0 Å². The fourth-order valence-corrected chi connectivity index (χ4v) is 1.91. The molecular weight excluding hydrogens is 266 g/mol. The molecule has 19 heavy (non-hydrogen) atoms. The fourth-order valence-electron chi connectivity index (χ4n) is 1.77. The molecule has 0 aromatic carbocycles. The van der Waals surface area contributed by atoms with Gasteiger partial charge in [-0.15, -0.1) is 0 Å². The Kier molecular flexibility index (Phi) is 6.87. The van der Waals surface area contributed by atoms with Crippen molar-refractivity contribution in [3.8, 4) is 0 Å². The van der Waals surface area contributed by atoms with Crippen molar-refractivity contribution >= 4 is 17.6 Å². The summed E-state index contributed by atoms with van der Waals surface area (Å²) in [7, 11) is 0. The first kappa shape index (κ1) is 16.0. The summed E-state index contributed by atoms with van der Waals surface area (Å²) in [5, 5.41) is 8.03. The summed E-state index contributed by atoms with van der Waals surface area (Å²) in [6.07, 6.45) is 3.23. The van der Waals surface area contributed by atoms with Crippen LogP contribution < -0.4 is 5.32 Å². The molecule has 0 saturated heterocycles. The smallest absolute Gasteiger partial charge is 0.323 e. The lowest BCUT2D eigenvalue weighted by molar-refractivity contribution is -0.145. The minimum Gasteiger partial charge on any atom is -0.465 e. The average molecular weight is 288 g/mol. The van der Waals surface area contributed by atoms with E-state index in [1.54, 1.807) is 6.20 Å². The van der Waals surface area contributed by atoms with E-state index in [0.29, 0.717) is 24.6 Å². The number of ether oxygens (including phenoxy) is 1. The Labute approximate surface area is 119 Å². The van der Waals surface area contributed by atoms with Crippen LogP contribution in [-0.2, 0) is 16.1 Å². The quantitative estimate of drug-likeness (QED) is 0.745. The van der Waals surface area contributed by atoms with Gasteiger partial charge in [0.2, 0.25) is 0 Å². The van der Waals surface area contributed by atoms with Gasteiger partial charge in [-0.2, -0.15) is 5.10 Å². The van der Waals surface area contributed by atoms with E-state index in [0.717, 1.165) is 18.7 Å². The number of aromatic nitrogens is 2. The molecule has 0 aliphatic carbocycles. The highest BCUT2D eigenvalue weighted by atomic mass is 35.5. The van der Waals surface area contributed by atoms with Gasteiger partial charge in [-0.25, -0.2) is 0 Å². The zero-order valence-electron chi connectivity index (χ0n) is 11.8. The lowest BCUT2D eigenvalue weighted by Crippen LogP contribution is -2.39. The molecule has 0 aliphatic rings. The molecular formula is C13H22ClN3O2. The molecule has 1 heterocycles. The molecule has 1 atom stereocenters. The molecule has 1 aromatic rings. The maximum atomic E-state index is 11.8. The summed E-state index contributed by atoms with van der Waals surface area (Å²) >= 11 is 5.95. The monoisotopic (exact) mass is 287 g/mol. The number of nitrogens with zero attached hydrogens (tertiary/aromatic N) is 2. The third-order valence-corrected chi connectivity index (χ3v) is 3.26. The zero-order valence-corrected chi connectivity index (χ0v) is 12.5. The van der Waals surface area contributed by atoms with Gasteiger partial charge in [-0.3, -0.25) is 9.48 Å². The Morgan fingerprint density at radius 2 is 2.32 bits per heavy atom. The highest BCUT2D eigenvalue weighted by molar-refractivity contribution is 6.31. The van der Waals surface area contributed by atoms with Crippen molar-refractivity contribution in [2.24, 2.45) is 0 Å². The summed E-state index contributed by atoms with van der Waals surface area (Å²) < 4.78 is 6.88. The Hall–Kier alpha value is -1.07. The molecule has 0 spiro atoms. The van der Waals surface area contributed by atoms with Crippen molar-refractivity contribution in [1.82, 2.24) is 15.1 Å². The van der Waals surface area contributed by atoms with Gasteiger partial charge in [0.25, 0.3) is 0 Å². The van der Waals surface area contributed by atoms with Crippen LogP contribution in [0.4, 0.5) is 0 Å². The average Bonchev–Trinajstić information content (AvgIpc) is 2.70. The number of aryl methyl sites for hydroxylation is 1. The summed E-state index contributed by atoms with van der Waals surface area (Å²) in [6.45, 7) is 7.61. The van der Waals surface area contributed by atoms with Crippen LogP contribution in [0.3, 0.4) is 0 Å². The van der Waals surface area contributed by atoms with E-state index in [4.69, 9.17) is 16.3 Å². The number of carbonyl (C=O) groups excluding carboxylic acids is 1. The molecule has 0 amide bonds. The fraction of sp³-hybridized carbons (Fsp3) is 0.692. The van der Waals surface area contributed by atoms with Gasteiger partial charge in [0, 0.05) is 6.54 Å². The summed E-state index contributed by atoms with van der Waals surface area (Å²) in [5.74, 6) is -0.202. The number of nitrogens with one attached hydrogen (secondary N) is 1. The van der Waals surface area contributed by atoms with E-state index in [9.17, 15) is 4.79 Å². The third-order valence-electron chi connectivity index (χ3n) is 2.88. The Balaban J connectivity index is 2.56. The molecule has 6 heteroatoms. The van der Waals surface area contributed by atoms with Gasteiger partial charge in [-0.1, -0.05) is 18.5 Å². The van der Waals surface area contributed by atoms with Gasteiger partial charge >= 0.3 is 5.97 Å². The standard InChI is InChI=1S/C13H22ClN3O2/c1-4-7-15-12(13(18)19-5-2)6-8-17-10(3)11(14)9-16-17/h9,12,15H,4-8H2,1-3H3. The lowest BCUT2D eigenvalue weighted by atomic mass is 10.2. The molecule has 1 N–H and O–H groups in total. The topological polar surface area (TPSA) is 56.2 Å². The normalized spacial score (nSPS) is 12.4. The minimum atomic E-state index is -0.290. The second kappa shape index (κ2) is 8.17. The van der Waals surface area contributed by atoms with E-state index in [-0.39, 0.29) is 12.0 Å². The number of hydrogen-bond acceptors (Lipinski definition) is 4. The Bertz CT molecular complexity index is 407.